The molecule has 1 saturated heterocycles. The van der Waals surface area contributed by atoms with E-state index in [9.17, 15) is 4.79 Å². The second-order valence-electron chi connectivity index (χ2n) is 3.68. The number of nitrogens with two attached hydrogens (primary N) is 1. The van der Waals surface area contributed by atoms with E-state index < -0.39 is 0 Å². The average molecular weight is 190 g/mol. The number of rotatable bonds is 2. The Bertz CT molecular complexity index is 343. The average Bonchev–Trinajstić information content (AvgIpc) is 2.71. The van der Waals surface area contributed by atoms with Crippen molar-refractivity contribution in [2.24, 2.45) is 5.73 Å². The normalized spacial score (nSPS) is 21.0. The number of nitrogens with one attached hydrogen (secondary N) is 1. The van der Waals surface area contributed by atoms with Gasteiger partial charge in [0.15, 0.2) is 0 Å². The molecule has 2 rings (SSSR count). The molecule has 74 valence electrons. The maximum absolute atomic E-state index is 11.0. The third-order valence-electron chi connectivity index (χ3n) is 2.70. The first-order valence-corrected chi connectivity index (χ1v) is 4.88. The van der Waals surface area contributed by atoms with Gasteiger partial charge in [-0.3, -0.25) is 4.79 Å². The van der Waals surface area contributed by atoms with Crippen LogP contribution in [0.3, 0.4) is 0 Å². The predicted molar refractivity (Wildman–Crippen MR) is 55.2 cm³/mol. The summed E-state index contributed by atoms with van der Waals surface area (Å²) in [7, 11) is 0. The van der Waals surface area contributed by atoms with Gasteiger partial charge in [0.1, 0.15) is 0 Å². The largest absolute Gasteiger partial charge is 0.366 e. The van der Waals surface area contributed by atoms with E-state index in [1.54, 1.807) is 6.07 Å². The van der Waals surface area contributed by atoms with Crippen molar-refractivity contribution >= 4 is 5.91 Å². The quantitative estimate of drug-likeness (QED) is 0.726. The highest BCUT2D eigenvalue weighted by Gasteiger charge is 2.16. The van der Waals surface area contributed by atoms with Gasteiger partial charge in [0.05, 0.1) is 0 Å². The summed E-state index contributed by atoms with van der Waals surface area (Å²) in [6.07, 6.45) is 1.14. The Morgan fingerprint density at radius 3 is 3.00 bits per heavy atom. The van der Waals surface area contributed by atoms with Crippen molar-refractivity contribution < 1.29 is 4.79 Å². The minimum absolute atomic E-state index is 0.349. The molecule has 14 heavy (non-hydrogen) atoms. The zero-order chi connectivity index (χ0) is 9.97. The molecule has 3 N–H and O–H groups in total. The van der Waals surface area contributed by atoms with Crippen LogP contribution in [-0.4, -0.2) is 19.0 Å². The Morgan fingerprint density at radius 2 is 2.36 bits per heavy atom. The van der Waals surface area contributed by atoms with E-state index >= 15 is 0 Å². The summed E-state index contributed by atoms with van der Waals surface area (Å²) >= 11 is 0. The molecular weight excluding hydrogens is 176 g/mol. The molecule has 0 radical (unpaired) electrons. The summed E-state index contributed by atoms with van der Waals surface area (Å²) in [6, 6.07) is 7.62. The van der Waals surface area contributed by atoms with Crippen LogP contribution in [0.1, 0.15) is 28.3 Å². The summed E-state index contributed by atoms with van der Waals surface area (Å²) in [5.74, 6) is 0.187. The topological polar surface area (TPSA) is 55.1 Å². The fourth-order valence-electron chi connectivity index (χ4n) is 1.89. The van der Waals surface area contributed by atoms with Crippen molar-refractivity contribution in [3.63, 3.8) is 0 Å². The molecule has 1 heterocycles. The van der Waals surface area contributed by atoms with E-state index in [4.69, 9.17) is 5.73 Å². The van der Waals surface area contributed by atoms with Gasteiger partial charge in [0.2, 0.25) is 5.91 Å². The Kier molecular flexibility index (Phi) is 2.50. The second-order valence-corrected chi connectivity index (χ2v) is 3.68. The lowest BCUT2D eigenvalue weighted by atomic mass is 9.96. The van der Waals surface area contributed by atoms with Crippen LogP contribution in [0.25, 0.3) is 0 Å². The number of carbonyl (C=O) groups is 1. The lowest BCUT2D eigenvalue weighted by Gasteiger charge is -2.09. The Hall–Kier alpha value is -1.35. The van der Waals surface area contributed by atoms with Gasteiger partial charge >= 0.3 is 0 Å². The standard InChI is InChI=1S/C11H14N2O/c12-11(14)9-3-1-2-8(6-9)10-4-5-13-7-10/h1-3,6,10,13H,4-5,7H2,(H2,12,14). The van der Waals surface area contributed by atoms with Gasteiger partial charge < -0.3 is 11.1 Å². The molecule has 1 aromatic rings. The molecule has 1 aliphatic heterocycles. The molecule has 1 aliphatic rings. The van der Waals surface area contributed by atoms with E-state index in [1.165, 1.54) is 5.56 Å². The molecule has 3 nitrogen and oxygen atoms in total. The number of carbonyl (C=O) groups excluding carboxylic acids is 1. The summed E-state index contributed by atoms with van der Waals surface area (Å²) in [6.45, 7) is 2.06. The molecule has 0 bridgehead atoms. The van der Waals surface area contributed by atoms with E-state index in [0.29, 0.717) is 11.5 Å². The summed E-state index contributed by atoms with van der Waals surface area (Å²) in [5, 5.41) is 3.30. The summed E-state index contributed by atoms with van der Waals surface area (Å²) in [4.78, 5) is 11.0. The zero-order valence-corrected chi connectivity index (χ0v) is 7.99. The van der Waals surface area contributed by atoms with Crippen LogP contribution in [0.15, 0.2) is 24.3 Å². The number of primary amides is 1. The van der Waals surface area contributed by atoms with E-state index in [2.05, 4.69) is 11.4 Å². The Morgan fingerprint density at radius 1 is 1.50 bits per heavy atom. The molecule has 1 fully saturated rings. The first-order valence-electron chi connectivity index (χ1n) is 4.88. The van der Waals surface area contributed by atoms with Crippen molar-refractivity contribution in [1.82, 2.24) is 5.32 Å². The third-order valence-corrected chi connectivity index (χ3v) is 2.70. The van der Waals surface area contributed by atoms with Crippen molar-refractivity contribution in [2.75, 3.05) is 13.1 Å². The smallest absolute Gasteiger partial charge is 0.248 e. The highest BCUT2D eigenvalue weighted by atomic mass is 16.1. The van der Waals surface area contributed by atoms with Gasteiger partial charge in [-0.2, -0.15) is 0 Å². The number of hydrogen-bond donors (Lipinski definition) is 2. The Labute approximate surface area is 83.3 Å². The Balaban J connectivity index is 2.25. The number of hydrogen-bond acceptors (Lipinski definition) is 2. The van der Waals surface area contributed by atoms with Gasteiger partial charge in [0.25, 0.3) is 0 Å². The highest BCUT2D eigenvalue weighted by Crippen LogP contribution is 2.22. The molecule has 1 unspecified atom stereocenters. The predicted octanol–water partition coefficient (Wildman–Crippen LogP) is 0.862. The molecule has 0 spiro atoms. The van der Waals surface area contributed by atoms with Gasteiger partial charge in [-0.15, -0.1) is 0 Å². The monoisotopic (exact) mass is 190 g/mol. The summed E-state index contributed by atoms with van der Waals surface area (Å²) in [5.41, 5.74) is 7.05. The maximum atomic E-state index is 11.0. The molecule has 1 atom stereocenters. The van der Waals surface area contributed by atoms with Gasteiger partial charge in [-0.05, 0) is 36.6 Å². The number of amides is 1. The fraction of sp³-hybridized carbons (Fsp3) is 0.364. The van der Waals surface area contributed by atoms with E-state index in [1.807, 2.05) is 12.1 Å². The molecule has 1 aromatic carbocycles. The maximum Gasteiger partial charge on any atom is 0.248 e. The highest BCUT2D eigenvalue weighted by molar-refractivity contribution is 5.92. The SMILES string of the molecule is NC(=O)c1cccc(C2CCNC2)c1. The second kappa shape index (κ2) is 3.80. The number of benzene rings is 1. The van der Waals surface area contributed by atoms with Crippen molar-refractivity contribution in [1.29, 1.82) is 0 Å². The van der Waals surface area contributed by atoms with Gasteiger partial charge in [-0.1, -0.05) is 12.1 Å². The van der Waals surface area contributed by atoms with E-state index in [0.717, 1.165) is 19.5 Å². The fourth-order valence-corrected chi connectivity index (χ4v) is 1.89. The van der Waals surface area contributed by atoms with Crippen LogP contribution in [0, 0.1) is 0 Å². The minimum Gasteiger partial charge on any atom is -0.366 e. The molecule has 0 aromatic heterocycles. The lowest BCUT2D eigenvalue weighted by Crippen LogP contribution is -2.12. The van der Waals surface area contributed by atoms with Crippen LogP contribution < -0.4 is 11.1 Å². The van der Waals surface area contributed by atoms with Crippen molar-refractivity contribution in [3.8, 4) is 0 Å². The van der Waals surface area contributed by atoms with Crippen LogP contribution in [0.5, 0.6) is 0 Å². The lowest BCUT2D eigenvalue weighted by molar-refractivity contribution is 0.1000. The van der Waals surface area contributed by atoms with Gasteiger partial charge in [-0.25, -0.2) is 0 Å². The minimum atomic E-state index is -0.349. The van der Waals surface area contributed by atoms with Crippen LogP contribution in [0.4, 0.5) is 0 Å². The zero-order valence-electron chi connectivity index (χ0n) is 7.99. The first-order chi connectivity index (χ1) is 6.77. The van der Waals surface area contributed by atoms with Crippen LogP contribution in [-0.2, 0) is 0 Å². The van der Waals surface area contributed by atoms with Crippen LogP contribution >= 0.6 is 0 Å². The van der Waals surface area contributed by atoms with Crippen molar-refractivity contribution in [2.45, 2.75) is 12.3 Å². The first kappa shape index (κ1) is 9.21. The molecule has 1 amide bonds. The van der Waals surface area contributed by atoms with Crippen LogP contribution in [0.2, 0.25) is 0 Å². The van der Waals surface area contributed by atoms with Crippen molar-refractivity contribution in [3.05, 3.63) is 35.4 Å². The molecule has 0 saturated carbocycles. The molecular formula is C11H14N2O. The van der Waals surface area contributed by atoms with Gasteiger partial charge in [0, 0.05) is 12.1 Å². The summed E-state index contributed by atoms with van der Waals surface area (Å²) < 4.78 is 0. The third kappa shape index (κ3) is 1.77. The van der Waals surface area contributed by atoms with E-state index in [-0.39, 0.29) is 5.91 Å². The molecule has 0 aliphatic carbocycles. The molecule has 3 heteroatoms.